The van der Waals surface area contributed by atoms with E-state index >= 15 is 4.39 Å². The van der Waals surface area contributed by atoms with Crippen LogP contribution in [0, 0.1) is 11.2 Å². The van der Waals surface area contributed by atoms with Gasteiger partial charge in [0.1, 0.15) is 30.3 Å². The molecule has 0 bridgehead atoms. The highest BCUT2D eigenvalue weighted by Gasteiger charge is 2.62. The number of aryl methyl sites for hydroxylation is 1. The second-order valence-corrected chi connectivity index (χ2v) is 8.61. The normalized spacial score (nSPS) is 17.3. The van der Waals surface area contributed by atoms with Gasteiger partial charge in [-0.3, -0.25) is 4.40 Å². The maximum absolute atomic E-state index is 15.0. The molecule has 2 aliphatic rings. The minimum absolute atomic E-state index is 0.0256. The van der Waals surface area contributed by atoms with Gasteiger partial charge in [0.05, 0.1) is 28.6 Å². The lowest BCUT2D eigenvalue weighted by molar-refractivity contribution is -0.188. The van der Waals surface area contributed by atoms with Crippen LogP contribution in [-0.2, 0) is 6.42 Å². The number of fused-ring (bicyclic) bond motifs is 4. The summed E-state index contributed by atoms with van der Waals surface area (Å²) >= 11 is 0. The number of rotatable bonds is 4. The lowest BCUT2D eigenvalue weighted by Gasteiger charge is -2.32. The van der Waals surface area contributed by atoms with E-state index in [1.807, 2.05) is 11.0 Å². The quantitative estimate of drug-likeness (QED) is 0.393. The Morgan fingerprint density at radius 2 is 1.91 bits per heavy atom. The van der Waals surface area contributed by atoms with Gasteiger partial charge in [-0.25, -0.2) is 4.39 Å². The van der Waals surface area contributed by atoms with Crippen LogP contribution in [0.1, 0.15) is 24.8 Å². The molecule has 0 atom stereocenters. The van der Waals surface area contributed by atoms with Gasteiger partial charge in [0.2, 0.25) is 0 Å². The highest BCUT2D eigenvalue weighted by molar-refractivity contribution is 5.94. The summed E-state index contributed by atoms with van der Waals surface area (Å²) in [6.45, 7) is 0.702. The SMILES string of the molecule is Fc1cccc2c1c(N1CCOc3c(CCC4(C(F)(F)F)CC4)cccc31)nc1nncn12. The van der Waals surface area contributed by atoms with Gasteiger partial charge in [0, 0.05) is 0 Å². The molecule has 0 amide bonds. The van der Waals surface area contributed by atoms with E-state index < -0.39 is 17.4 Å². The topological polar surface area (TPSA) is 55.5 Å². The Hall–Kier alpha value is -3.43. The molecule has 0 unspecified atom stereocenters. The van der Waals surface area contributed by atoms with Crippen molar-refractivity contribution in [2.45, 2.75) is 31.9 Å². The van der Waals surface area contributed by atoms with Crippen LogP contribution in [0.2, 0.25) is 0 Å². The molecule has 0 N–H and O–H groups in total. The summed E-state index contributed by atoms with van der Waals surface area (Å²) in [6, 6.07) is 10.1. The fraction of sp³-hybridized carbons (Fsp3) is 0.348. The molecule has 6 rings (SSSR count). The lowest BCUT2D eigenvalue weighted by atomic mass is 9.95. The number of halogens is 4. The van der Waals surface area contributed by atoms with Crippen molar-refractivity contribution in [2.75, 3.05) is 18.1 Å². The number of para-hydroxylation sites is 1. The smallest absolute Gasteiger partial charge is 0.394 e. The van der Waals surface area contributed by atoms with Crippen molar-refractivity contribution in [1.29, 1.82) is 0 Å². The predicted octanol–water partition coefficient (Wildman–Crippen LogP) is 5.22. The molecule has 4 aromatic rings. The Kier molecular flexibility index (Phi) is 4.30. The number of aromatic nitrogens is 4. The molecule has 1 saturated carbocycles. The van der Waals surface area contributed by atoms with Gasteiger partial charge < -0.3 is 9.64 Å². The summed E-state index contributed by atoms with van der Waals surface area (Å²) in [7, 11) is 0. The molecule has 0 saturated heterocycles. The summed E-state index contributed by atoms with van der Waals surface area (Å²) in [6.07, 6.45) is -2.09. The lowest BCUT2D eigenvalue weighted by Crippen LogP contribution is -2.30. The van der Waals surface area contributed by atoms with Crippen molar-refractivity contribution >= 4 is 28.2 Å². The van der Waals surface area contributed by atoms with Gasteiger partial charge in [-0.1, -0.05) is 18.2 Å². The van der Waals surface area contributed by atoms with Crippen molar-refractivity contribution in [3.05, 3.63) is 54.1 Å². The van der Waals surface area contributed by atoms with Crippen LogP contribution < -0.4 is 9.64 Å². The number of hydrogen-bond donors (Lipinski definition) is 0. The van der Waals surface area contributed by atoms with Crippen LogP contribution in [0.5, 0.6) is 5.75 Å². The summed E-state index contributed by atoms with van der Waals surface area (Å²) in [4.78, 5) is 6.42. The highest BCUT2D eigenvalue weighted by atomic mass is 19.4. The van der Waals surface area contributed by atoms with Crippen molar-refractivity contribution < 1.29 is 22.3 Å². The Labute approximate surface area is 185 Å². The molecule has 2 aromatic heterocycles. The molecule has 0 spiro atoms. The third-order valence-electron chi connectivity index (χ3n) is 6.72. The Balaban J connectivity index is 1.44. The van der Waals surface area contributed by atoms with Gasteiger partial charge in [0.25, 0.3) is 5.78 Å². The second-order valence-electron chi connectivity index (χ2n) is 8.61. The predicted molar refractivity (Wildman–Crippen MR) is 113 cm³/mol. The third kappa shape index (κ3) is 3.11. The van der Waals surface area contributed by atoms with Gasteiger partial charge >= 0.3 is 6.18 Å². The van der Waals surface area contributed by atoms with E-state index in [4.69, 9.17) is 4.74 Å². The standard InChI is InChI=1S/C23H19F4N5O/c24-15-4-2-5-16-18(15)20(29-21-30-28-13-32(16)21)31-11-12-33-19-14(3-1-6-17(19)31)7-8-22(9-10-22)23(25,26)27/h1-6,13H,7-12H2. The van der Waals surface area contributed by atoms with E-state index in [1.54, 1.807) is 28.7 Å². The summed E-state index contributed by atoms with van der Waals surface area (Å²) in [5, 5.41) is 8.24. The molecule has 33 heavy (non-hydrogen) atoms. The molecule has 170 valence electrons. The average Bonchev–Trinajstić information content (AvgIpc) is 3.46. The number of nitrogens with zero attached hydrogens (tertiary/aromatic N) is 5. The van der Waals surface area contributed by atoms with Gasteiger partial charge in [-0.05, 0) is 49.4 Å². The average molecular weight is 457 g/mol. The Bertz CT molecular complexity index is 1380. The monoisotopic (exact) mass is 457 g/mol. The first-order valence-electron chi connectivity index (χ1n) is 10.7. The molecule has 2 aromatic carbocycles. The van der Waals surface area contributed by atoms with Crippen LogP contribution in [0.4, 0.5) is 29.1 Å². The van der Waals surface area contributed by atoms with Crippen LogP contribution in [0.3, 0.4) is 0 Å². The number of ether oxygens (including phenoxy) is 1. The molecule has 1 fully saturated rings. The zero-order chi connectivity index (χ0) is 22.8. The first kappa shape index (κ1) is 20.2. The summed E-state index contributed by atoms with van der Waals surface area (Å²) in [5.74, 6) is 0.789. The van der Waals surface area contributed by atoms with Crippen LogP contribution >= 0.6 is 0 Å². The highest BCUT2D eigenvalue weighted by Crippen LogP contribution is 2.60. The van der Waals surface area contributed by atoms with E-state index in [2.05, 4.69) is 15.2 Å². The van der Waals surface area contributed by atoms with Crippen molar-refractivity contribution in [2.24, 2.45) is 5.41 Å². The van der Waals surface area contributed by atoms with Crippen LogP contribution in [0.25, 0.3) is 16.7 Å². The Morgan fingerprint density at radius 3 is 2.70 bits per heavy atom. The molecule has 1 aliphatic heterocycles. The third-order valence-corrected chi connectivity index (χ3v) is 6.72. The Morgan fingerprint density at radius 1 is 1.09 bits per heavy atom. The van der Waals surface area contributed by atoms with Crippen molar-refractivity contribution in [1.82, 2.24) is 19.6 Å². The van der Waals surface area contributed by atoms with Gasteiger partial charge in [-0.2, -0.15) is 18.2 Å². The van der Waals surface area contributed by atoms with Crippen LogP contribution in [0.15, 0.2) is 42.7 Å². The maximum Gasteiger partial charge on any atom is 0.394 e. The largest absolute Gasteiger partial charge is 0.489 e. The molecule has 3 heterocycles. The molecule has 10 heteroatoms. The van der Waals surface area contributed by atoms with Gasteiger partial charge in [-0.15, -0.1) is 10.2 Å². The van der Waals surface area contributed by atoms with E-state index in [0.29, 0.717) is 52.7 Å². The summed E-state index contributed by atoms with van der Waals surface area (Å²) < 4.78 is 62.8. The van der Waals surface area contributed by atoms with E-state index in [-0.39, 0.29) is 25.7 Å². The molecule has 0 radical (unpaired) electrons. The number of anilines is 2. The summed E-state index contributed by atoms with van der Waals surface area (Å²) in [5.41, 5.74) is 0.353. The fourth-order valence-electron chi connectivity index (χ4n) is 4.68. The number of hydrogen-bond acceptors (Lipinski definition) is 5. The molecular formula is C23H19F4N5O. The number of alkyl halides is 3. The molecule has 1 aliphatic carbocycles. The van der Waals surface area contributed by atoms with Gasteiger partial charge in [0.15, 0.2) is 0 Å². The van der Waals surface area contributed by atoms with Crippen molar-refractivity contribution in [3.8, 4) is 5.75 Å². The van der Waals surface area contributed by atoms with E-state index in [9.17, 15) is 13.2 Å². The first-order valence-corrected chi connectivity index (χ1v) is 10.7. The maximum atomic E-state index is 15.0. The number of benzene rings is 2. The minimum atomic E-state index is -4.19. The molecular weight excluding hydrogens is 438 g/mol. The van der Waals surface area contributed by atoms with E-state index in [1.165, 1.54) is 12.4 Å². The first-order chi connectivity index (χ1) is 15.9. The zero-order valence-corrected chi connectivity index (χ0v) is 17.4. The molecule has 6 nitrogen and oxygen atoms in total. The second kappa shape index (κ2) is 7.03. The fourth-order valence-corrected chi connectivity index (χ4v) is 4.68. The zero-order valence-electron chi connectivity index (χ0n) is 17.4. The van der Waals surface area contributed by atoms with E-state index in [0.717, 1.165) is 0 Å². The van der Waals surface area contributed by atoms with Crippen LogP contribution in [-0.4, -0.2) is 38.9 Å². The van der Waals surface area contributed by atoms with Crippen molar-refractivity contribution in [3.63, 3.8) is 0 Å². The minimum Gasteiger partial charge on any atom is -0.489 e.